The molecule has 1 saturated heterocycles. The number of ether oxygens (including phenoxy) is 1. The molecule has 0 aliphatic carbocycles. The monoisotopic (exact) mass is 262 g/mol. The second kappa shape index (κ2) is 5.38. The van der Waals surface area contributed by atoms with Gasteiger partial charge in [-0.25, -0.2) is 4.98 Å². The highest BCUT2D eigenvalue weighted by Gasteiger charge is 2.38. The number of nitrogens with zero attached hydrogens (tertiary/aromatic N) is 2. The molecule has 5 nitrogen and oxygen atoms in total. The smallest absolute Gasteiger partial charge is 0.310 e. The van der Waals surface area contributed by atoms with Gasteiger partial charge in [-0.1, -0.05) is 13.0 Å². The Balaban J connectivity index is 2.12. The minimum atomic E-state index is -0.250. The van der Waals surface area contributed by atoms with E-state index in [1.165, 1.54) is 7.11 Å². The minimum absolute atomic E-state index is 0.112. The van der Waals surface area contributed by atoms with Crippen LogP contribution in [0.15, 0.2) is 18.2 Å². The summed E-state index contributed by atoms with van der Waals surface area (Å²) in [6.45, 7) is 4.77. The summed E-state index contributed by atoms with van der Waals surface area (Å²) >= 11 is 0. The molecule has 2 unspecified atom stereocenters. The van der Waals surface area contributed by atoms with Gasteiger partial charge in [0.2, 0.25) is 0 Å². The maximum Gasteiger partial charge on any atom is 0.310 e. The van der Waals surface area contributed by atoms with E-state index in [-0.39, 0.29) is 23.7 Å². The van der Waals surface area contributed by atoms with Gasteiger partial charge in [0.15, 0.2) is 0 Å². The van der Waals surface area contributed by atoms with Gasteiger partial charge in [0.1, 0.15) is 5.69 Å². The molecule has 0 bridgehead atoms. The molecule has 2 atom stereocenters. The van der Waals surface area contributed by atoms with Gasteiger partial charge < -0.3 is 9.64 Å². The van der Waals surface area contributed by atoms with Crippen molar-refractivity contribution in [1.29, 1.82) is 0 Å². The number of hydrogen-bond acceptors (Lipinski definition) is 4. The van der Waals surface area contributed by atoms with E-state index in [0.29, 0.717) is 18.8 Å². The number of carbonyl (C=O) groups excluding carboxylic acids is 2. The number of amides is 1. The van der Waals surface area contributed by atoms with E-state index in [1.807, 2.05) is 26.0 Å². The topological polar surface area (TPSA) is 59.5 Å². The largest absolute Gasteiger partial charge is 0.469 e. The zero-order valence-corrected chi connectivity index (χ0v) is 11.4. The molecule has 1 aromatic heterocycles. The molecule has 5 heteroatoms. The fourth-order valence-electron chi connectivity index (χ4n) is 2.41. The maximum absolute atomic E-state index is 12.3. The molecule has 0 N–H and O–H groups in total. The van der Waals surface area contributed by atoms with Crippen molar-refractivity contribution >= 4 is 11.9 Å². The van der Waals surface area contributed by atoms with Crippen LogP contribution in [0.1, 0.15) is 23.1 Å². The first-order valence-electron chi connectivity index (χ1n) is 6.33. The summed E-state index contributed by atoms with van der Waals surface area (Å²) < 4.78 is 4.76. The lowest BCUT2D eigenvalue weighted by atomic mass is 9.99. The zero-order valence-electron chi connectivity index (χ0n) is 11.4. The Bertz CT molecular complexity index is 501. The first-order chi connectivity index (χ1) is 9.02. The molecular weight excluding hydrogens is 244 g/mol. The summed E-state index contributed by atoms with van der Waals surface area (Å²) in [5, 5.41) is 0. The highest BCUT2D eigenvalue weighted by atomic mass is 16.5. The van der Waals surface area contributed by atoms with E-state index < -0.39 is 0 Å². The molecule has 2 heterocycles. The van der Waals surface area contributed by atoms with E-state index in [9.17, 15) is 9.59 Å². The fraction of sp³-hybridized carbons (Fsp3) is 0.500. The van der Waals surface area contributed by atoms with Gasteiger partial charge in [0, 0.05) is 18.8 Å². The number of methoxy groups -OCH3 is 1. The predicted molar refractivity (Wildman–Crippen MR) is 69.5 cm³/mol. The van der Waals surface area contributed by atoms with Gasteiger partial charge >= 0.3 is 5.97 Å². The van der Waals surface area contributed by atoms with E-state index in [0.717, 1.165) is 5.69 Å². The summed E-state index contributed by atoms with van der Waals surface area (Å²) in [4.78, 5) is 29.8. The number of esters is 1. The van der Waals surface area contributed by atoms with Gasteiger partial charge in [0.05, 0.1) is 13.0 Å². The Labute approximate surface area is 112 Å². The number of aromatic nitrogens is 1. The van der Waals surface area contributed by atoms with Crippen LogP contribution in [0.2, 0.25) is 0 Å². The van der Waals surface area contributed by atoms with Crippen LogP contribution in [0, 0.1) is 18.8 Å². The lowest BCUT2D eigenvalue weighted by Crippen LogP contribution is -2.30. The summed E-state index contributed by atoms with van der Waals surface area (Å²) in [7, 11) is 1.38. The average molecular weight is 262 g/mol. The van der Waals surface area contributed by atoms with Crippen LogP contribution in [0.5, 0.6) is 0 Å². The molecule has 102 valence electrons. The fourth-order valence-corrected chi connectivity index (χ4v) is 2.41. The third kappa shape index (κ3) is 2.75. The molecule has 1 aliphatic heterocycles. The number of carbonyl (C=O) groups is 2. The summed E-state index contributed by atoms with van der Waals surface area (Å²) in [5.74, 6) is -0.498. The SMILES string of the molecule is COC(=O)C1CN(C(=O)c2cccc(C)n2)CC1C. The Morgan fingerprint density at radius 2 is 2.11 bits per heavy atom. The van der Waals surface area contributed by atoms with Crippen molar-refractivity contribution in [2.45, 2.75) is 13.8 Å². The Morgan fingerprint density at radius 1 is 1.37 bits per heavy atom. The first-order valence-corrected chi connectivity index (χ1v) is 6.33. The molecular formula is C14H18N2O3. The standard InChI is InChI=1S/C14H18N2O3/c1-9-7-16(8-11(9)14(18)19-3)13(17)12-6-4-5-10(2)15-12/h4-6,9,11H,7-8H2,1-3H3. The molecule has 19 heavy (non-hydrogen) atoms. The van der Waals surface area contributed by atoms with Crippen molar-refractivity contribution in [3.8, 4) is 0 Å². The summed E-state index contributed by atoms with van der Waals surface area (Å²) in [6, 6.07) is 5.36. The molecule has 1 aromatic rings. The highest BCUT2D eigenvalue weighted by molar-refractivity contribution is 5.93. The highest BCUT2D eigenvalue weighted by Crippen LogP contribution is 2.25. The average Bonchev–Trinajstić information content (AvgIpc) is 2.79. The quantitative estimate of drug-likeness (QED) is 0.753. The van der Waals surface area contributed by atoms with Crippen molar-refractivity contribution in [2.24, 2.45) is 11.8 Å². The van der Waals surface area contributed by atoms with Crippen LogP contribution < -0.4 is 0 Å². The van der Waals surface area contributed by atoms with E-state index >= 15 is 0 Å². The summed E-state index contributed by atoms with van der Waals surface area (Å²) in [6.07, 6.45) is 0. The van der Waals surface area contributed by atoms with Crippen LogP contribution in [-0.2, 0) is 9.53 Å². The van der Waals surface area contributed by atoms with Gasteiger partial charge in [-0.15, -0.1) is 0 Å². The number of likely N-dealkylation sites (tertiary alicyclic amines) is 1. The van der Waals surface area contributed by atoms with Crippen molar-refractivity contribution in [3.05, 3.63) is 29.6 Å². The van der Waals surface area contributed by atoms with Crippen molar-refractivity contribution in [3.63, 3.8) is 0 Å². The van der Waals surface area contributed by atoms with E-state index in [4.69, 9.17) is 4.74 Å². The van der Waals surface area contributed by atoms with Crippen molar-refractivity contribution in [2.75, 3.05) is 20.2 Å². The maximum atomic E-state index is 12.3. The van der Waals surface area contributed by atoms with E-state index in [2.05, 4.69) is 4.98 Å². The number of hydrogen-bond donors (Lipinski definition) is 0. The third-order valence-electron chi connectivity index (χ3n) is 3.51. The van der Waals surface area contributed by atoms with Crippen LogP contribution in [0.25, 0.3) is 0 Å². The predicted octanol–water partition coefficient (Wildman–Crippen LogP) is 1.27. The third-order valence-corrected chi connectivity index (χ3v) is 3.51. The molecule has 1 aliphatic rings. The minimum Gasteiger partial charge on any atom is -0.469 e. The zero-order chi connectivity index (χ0) is 14.0. The van der Waals surface area contributed by atoms with Gasteiger partial charge in [-0.2, -0.15) is 0 Å². The Morgan fingerprint density at radius 3 is 2.74 bits per heavy atom. The molecule has 0 radical (unpaired) electrons. The molecule has 1 amide bonds. The molecule has 1 fully saturated rings. The normalized spacial score (nSPS) is 22.4. The Hall–Kier alpha value is -1.91. The van der Waals surface area contributed by atoms with Gasteiger partial charge in [-0.05, 0) is 25.0 Å². The van der Waals surface area contributed by atoms with Crippen LogP contribution in [0.3, 0.4) is 0 Å². The second-order valence-electron chi connectivity index (χ2n) is 4.98. The molecule has 0 saturated carbocycles. The van der Waals surface area contributed by atoms with Crippen LogP contribution >= 0.6 is 0 Å². The van der Waals surface area contributed by atoms with Gasteiger partial charge in [-0.3, -0.25) is 9.59 Å². The lowest BCUT2D eigenvalue weighted by molar-refractivity contribution is -0.146. The van der Waals surface area contributed by atoms with Crippen LogP contribution in [-0.4, -0.2) is 42.0 Å². The van der Waals surface area contributed by atoms with Crippen molar-refractivity contribution < 1.29 is 14.3 Å². The van der Waals surface area contributed by atoms with Crippen LogP contribution in [0.4, 0.5) is 0 Å². The Kier molecular flexibility index (Phi) is 3.83. The van der Waals surface area contributed by atoms with Crippen molar-refractivity contribution in [1.82, 2.24) is 9.88 Å². The second-order valence-corrected chi connectivity index (χ2v) is 4.98. The van der Waals surface area contributed by atoms with E-state index in [1.54, 1.807) is 11.0 Å². The molecule has 0 aromatic carbocycles. The summed E-state index contributed by atoms with van der Waals surface area (Å²) in [5.41, 5.74) is 1.24. The number of aryl methyl sites for hydroxylation is 1. The lowest BCUT2D eigenvalue weighted by Gasteiger charge is -2.15. The molecule has 0 spiro atoms. The first kappa shape index (κ1) is 13.5. The van der Waals surface area contributed by atoms with Gasteiger partial charge in [0.25, 0.3) is 5.91 Å². The number of rotatable bonds is 2. The number of pyridine rings is 1. The molecule has 2 rings (SSSR count).